The summed E-state index contributed by atoms with van der Waals surface area (Å²) in [4.78, 5) is 31.8. The lowest BCUT2D eigenvalue weighted by molar-refractivity contribution is 0.0538. The number of para-hydroxylation sites is 2. The van der Waals surface area contributed by atoms with Crippen molar-refractivity contribution in [1.29, 1.82) is 0 Å². The van der Waals surface area contributed by atoms with Gasteiger partial charge < -0.3 is 9.47 Å². The zero-order chi connectivity index (χ0) is 21.8. The molecule has 7 heteroatoms. The fraction of sp³-hybridized carbons (Fsp3) is 0.500. The molecule has 29 heavy (non-hydrogen) atoms. The number of hydrogen-bond acceptors (Lipinski definition) is 5. The largest absolute Gasteiger partial charge is 0.443 e. The van der Waals surface area contributed by atoms with Gasteiger partial charge in [0, 0.05) is 13.0 Å². The van der Waals surface area contributed by atoms with Crippen molar-refractivity contribution < 1.29 is 19.1 Å². The number of rotatable bonds is 4. The van der Waals surface area contributed by atoms with E-state index >= 15 is 0 Å². The van der Waals surface area contributed by atoms with Gasteiger partial charge in [0.2, 0.25) is 5.95 Å². The smallest absolute Gasteiger partial charge is 0.421 e. The minimum Gasteiger partial charge on any atom is -0.443 e. The molecule has 0 bridgehead atoms. The van der Waals surface area contributed by atoms with E-state index in [4.69, 9.17) is 15.9 Å². The Morgan fingerprint density at radius 3 is 2.31 bits per heavy atom. The lowest BCUT2D eigenvalue weighted by Crippen LogP contribution is -2.40. The van der Waals surface area contributed by atoms with Crippen LogP contribution in [0.4, 0.5) is 15.5 Å². The Balaban J connectivity index is 2.57. The Labute approximate surface area is 172 Å². The predicted molar refractivity (Wildman–Crippen MR) is 113 cm³/mol. The summed E-state index contributed by atoms with van der Waals surface area (Å²) in [5.74, 6) is 2.70. The van der Waals surface area contributed by atoms with Crippen LogP contribution in [0.2, 0.25) is 0 Å². The molecule has 0 saturated carbocycles. The molecule has 0 aliphatic carbocycles. The minimum atomic E-state index is -0.708. The first-order chi connectivity index (χ1) is 13.4. The summed E-state index contributed by atoms with van der Waals surface area (Å²) in [6, 6.07) is 7.14. The minimum absolute atomic E-state index is 0.145. The third-order valence-electron chi connectivity index (χ3n) is 3.68. The molecule has 0 aliphatic rings. The highest BCUT2D eigenvalue weighted by molar-refractivity contribution is 5.95. The number of aromatic nitrogens is 2. The number of unbranched alkanes of at least 4 members (excludes halogenated alkanes) is 1. The van der Waals surface area contributed by atoms with E-state index in [2.05, 4.69) is 10.9 Å². The first kappa shape index (κ1) is 22.3. The van der Waals surface area contributed by atoms with E-state index in [1.807, 2.05) is 6.07 Å². The van der Waals surface area contributed by atoms with Crippen LogP contribution >= 0.6 is 0 Å². The molecule has 1 aromatic heterocycles. The number of imidazole rings is 1. The highest BCUT2D eigenvalue weighted by atomic mass is 16.6. The lowest BCUT2D eigenvalue weighted by Gasteiger charge is -2.27. The molecule has 0 radical (unpaired) electrons. The van der Waals surface area contributed by atoms with Crippen LogP contribution in [0.5, 0.6) is 0 Å². The van der Waals surface area contributed by atoms with Gasteiger partial charge in [-0.3, -0.25) is 0 Å². The Morgan fingerprint density at radius 1 is 1.10 bits per heavy atom. The quantitative estimate of drug-likeness (QED) is 0.536. The van der Waals surface area contributed by atoms with Crippen LogP contribution in [-0.2, 0) is 9.47 Å². The number of nitrogens with zero attached hydrogens (tertiary/aromatic N) is 3. The topological polar surface area (TPSA) is 73.7 Å². The number of hydrogen-bond donors (Lipinski definition) is 0. The Kier molecular flexibility index (Phi) is 6.58. The van der Waals surface area contributed by atoms with Crippen molar-refractivity contribution in [3.8, 4) is 12.3 Å². The second-order valence-electron chi connectivity index (χ2n) is 8.66. The number of amides is 1. The summed E-state index contributed by atoms with van der Waals surface area (Å²) >= 11 is 0. The number of anilines is 1. The number of carbonyl (C=O) groups excluding carboxylic acids is 2. The van der Waals surface area contributed by atoms with Crippen LogP contribution in [0.25, 0.3) is 11.0 Å². The van der Waals surface area contributed by atoms with Crippen molar-refractivity contribution in [3.63, 3.8) is 0 Å². The van der Waals surface area contributed by atoms with Crippen LogP contribution in [0.1, 0.15) is 54.4 Å². The Morgan fingerprint density at radius 2 is 1.72 bits per heavy atom. The van der Waals surface area contributed by atoms with Gasteiger partial charge in [0.25, 0.3) is 0 Å². The molecule has 0 unspecified atom stereocenters. The van der Waals surface area contributed by atoms with Gasteiger partial charge in [-0.15, -0.1) is 12.3 Å². The maximum atomic E-state index is 13.0. The Hall–Kier alpha value is -3.01. The van der Waals surface area contributed by atoms with E-state index in [9.17, 15) is 9.59 Å². The molecule has 156 valence electrons. The molecule has 2 rings (SSSR count). The van der Waals surface area contributed by atoms with Crippen LogP contribution in [0, 0.1) is 12.3 Å². The first-order valence-corrected chi connectivity index (χ1v) is 9.58. The lowest BCUT2D eigenvalue weighted by atomic mass is 10.2. The predicted octanol–water partition coefficient (Wildman–Crippen LogP) is 4.97. The normalized spacial score (nSPS) is 11.8. The SMILES string of the molecule is C#CCCCN(C(=O)OC(C)(C)C)c1nc2ccccc2n1C(=O)OC(C)(C)C. The third-order valence-corrected chi connectivity index (χ3v) is 3.68. The molecule has 1 heterocycles. The molecule has 0 atom stereocenters. The molecular weight excluding hydrogens is 370 g/mol. The molecule has 2 aromatic rings. The van der Waals surface area contributed by atoms with E-state index in [1.165, 1.54) is 9.47 Å². The second-order valence-corrected chi connectivity index (χ2v) is 8.66. The summed E-state index contributed by atoms with van der Waals surface area (Å²) in [6.45, 7) is 10.9. The summed E-state index contributed by atoms with van der Waals surface area (Å²) in [5.41, 5.74) is -0.300. The monoisotopic (exact) mass is 399 g/mol. The van der Waals surface area contributed by atoms with Gasteiger partial charge in [-0.25, -0.2) is 24.0 Å². The zero-order valence-corrected chi connectivity index (χ0v) is 18.0. The average molecular weight is 399 g/mol. The zero-order valence-electron chi connectivity index (χ0n) is 18.0. The fourth-order valence-corrected chi connectivity index (χ4v) is 2.61. The van der Waals surface area contributed by atoms with E-state index < -0.39 is 23.4 Å². The summed E-state index contributed by atoms with van der Waals surface area (Å²) in [5, 5.41) is 0. The molecule has 7 nitrogen and oxygen atoms in total. The number of carbonyl (C=O) groups is 2. The second kappa shape index (κ2) is 8.56. The fourth-order valence-electron chi connectivity index (χ4n) is 2.61. The van der Waals surface area contributed by atoms with Gasteiger partial charge in [-0.05, 0) is 60.1 Å². The van der Waals surface area contributed by atoms with E-state index in [0.29, 0.717) is 23.9 Å². The number of terminal acetylenes is 1. The van der Waals surface area contributed by atoms with E-state index in [1.54, 1.807) is 59.7 Å². The van der Waals surface area contributed by atoms with Crippen LogP contribution in [0.15, 0.2) is 24.3 Å². The van der Waals surface area contributed by atoms with Crippen molar-refractivity contribution in [2.24, 2.45) is 0 Å². The summed E-state index contributed by atoms with van der Waals surface area (Å²) < 4.78 is 12.4. The number of ether oxygens (including phenoxy) is 2. The Bertz CT molecular complexity index is 926. The third kappa shape index (κ3) is 5.98. The number of benzene rings is 1. The highest BCUT2D eigenvalue weighted by Crippen LogP contribution is 2.26. The van der Waals surface area contributed by atoms with E-state index in [0.717, 1.165) is 0 Å². The standard InChI is InChI=1S/C22H29N3O4/c1-8-9-12-15-24(19(26)28-21(2,3)4)18-23-16-13-10-11-14-17(16)25(18)20(27)29-22(5,6)7/h1,10-11,13-14H,9,12,15H2,2-7H3. The van der Waals surface area contributed by atoms with Gasteiger partial charge in [0.1, 0.15) is 11.2 Å². The molecule has 0 fully saturated rings. The first-order valence-electron chi connectivity index (χ1n) is 9.58. The molecule has 0 saturated heterocycles. The highest BCUT2D eigenvalue weighted by Gasteiger charge is 2.31. The molecule has 0 spiro atoms. The van der Waals surface area contributed by atoms with Crippen LogP contribution in [-0.4, -0.2) is 39.5 Å². The van der Waals surface area contributed by atoms with Crippen molar-refractivity contribution >= 4 is 29.2 Å². The van der Waals surface area contributed by atoms with Crippen molar-refractivity contribution in [3.05, 3.63) is 24.3 Å². The van der Waals surface area contributed by atoms with Gasteiger partial charge in [-0.2, -0.15) is 0 Å². The summed E-state index contributed by atoms with van der Waals surface area (Å²) in [6.07, 6.45) is 5.15. The molecule has 1 amide bonds. The average Bonchev–Trinajstić information content (AvgIpc) is 2.94. The molecule has 0 N–H and O–H groups in total. The van der Waals surface area contributed by atoms with Gasteiger partial charge in [-0.1, -0.05) is 12.1 Å². The molecular formula is C22H29N3O4. The van der Waals surface area contributed by atoms with Gasteiger partial charge in [0.15, 0.2) is 0 Å². The van der Waals surface area contributed by atoms with Crippen molar-refractivity contribution in [2.75, 3.05) is 11.4 Å². The summed E-state index contributed by atoms with van der Waals surface area (Å²) in [7, 11) is 0. The van der Waals surface area contributed by atoms with Crippen LogP contribution < -0.4 is 4.90 Å². The number of fused-ring (bicyclic) bond motifs is 1. The molecule has 0 aliphatic heterocycles. The molecule has 1 aromatic carbocycles. The van der Waals surface area contributed by atoms with Gasteiger partial charge >= 0.3 is 12.2 Å². The maximum absolute atomic E-state index is 13.0. The van der Waals surface area contributed by atoms with E-state index in [-0.39, 0.29) is 12.5 Å². The van der Waals surface area contributed by atoms with Crippen molar-refractivity contribution in [2.45, 2.75) is 65.6 Å². The maximum Gasteiger partial charge on any atom is 0.421 e. The van der Waals surface area contributed by atoms with Crippen LogP contribution in [0.3, 0.4) is 0 Å². The van der Waals surface area contributed by atoms with Gasteiger partial charge in [0.05, 0.1) is 11.0 Å². The van der Waals surface area contributed by atoms with Crippen molar-refractivity contribution in [1.82, 2.24) is 9.55 Å².